The van der Waals surface area contributed by atoms with Gasteiger partial charge in [-0.3, -0.25) is 0 Å². The molecular weight excluding hydrogens is 274 g/mol. The molecule has 106 valence electrons. The molecule has 0 aromatic carbocycles. The van der Waals surface area contributed by atoms with Crippen molar-refractivity contribution in [3.05, 3.63) is 17.5 Å². The van der Waals surface area contributed by atoms with Crippen molar-refractivity contribution in [3.8, 4) is 11.5 Å². The molecule has 0 bridgehead atoms. The molecule has 0 saturated carbocycles. The summed E-state index contributed by atoms with van der Waals surface area (Å²) < 4.78 is 61.7. The highest BCUT2D eigenvalue weighted by molar-refractivity contribution is 5.90. The van der Waals surface area contributed by atoms with Gasteiger partial charge in [0.1, 0.15) is 18.1 Å². The van der Waals surface area contributed by atoms with Crippen molar-refractivity contribution in [2.45, 2.75) is 13.0 Å². The summed E-state index contributed by atoms with van der Waals surface area (Å²) in [6.45, 7) is -1.13. The molecule has 0 aliphatic carbocycles. The molecule has 1 aromatic heterocycles. The number of hydrogen-bond acceptors (Lipinski definition) is 5. The van der Waals surface area contributed by atoms with E-state index in [4.69, 9.17) is 0 Å². The molecule has 9 heteroatoms. The Morgan fingerprint density at radius 1 is 1.32 bits per heavy atom. The Hall–Kier alpha value is -2.06. The second kappa shape index (κ2) is 5.72. The minimum atomic E-state index is -5.04. The van der Waals surface area contributed by atoms with Crippen LogP contribution in [0.4, 0.5) is 17.6 Å². The molecule has 0 fully saturated rings. The molecule has 0 spiro atoms. The van der Waals surface area contributed by atoms with E-state index < -0.39 is 30.4 Å². The van der Waals surface area contributed by atoms with Crippen LogP contribution >= 0.6 is 0 Å². The lowest BCUT2D eigenvalue weighted by molar-refractivity contribution is -0.274. The Balaban J connectivity index is 3.35. The number of nitrogens with zero attached hydrogens (tertiary/aromatic N) is 1. The molecule has 0 unspecified atom stereocenters. The van der Waals surface area contributed by atoms with Gasteiger partial charge in [-0.05, 0) is 0 Å². The van der Waals surface area contributed by atoms with Crippen LogP contribution in [0.15, 0.2) is 6.07 Å². The third-order valence-corrected chi connectivity index (χ3v) is 1.98. The fourth-order valence-corrected chi connectivity index (χ4v) is 1.23. The number of esters is 1. The summed E-state index contributed by atoms with van der Waals surface area (Å²) in [5.74, 6) is -2.38. The van der Waals surface area contributed by atoms with E-state index in [1.807, 2.05) is 0 Å². The summed E-state index contributed by atoms with van der Waals surface area (Å²) in [4.78, 5) is 14.7. The Kier molecular flexibility index (Phi) is 4.52. The predicted octanol–water partition coefficient (Wildman–Crippen LogP) is 2.24. The minimum Gasteiger partial charge on any atom is -0.495 e. The van der Waals surface area contributed by atoms with E-state index >= 15 is 0 Å². The van der Waals surface area contributed by atoms with Gasteiger partial charge < -0.3 is 14.2 Å². The number of alkyl halides is 4. The van der Waals surface area contributed by atoms with Crippen molar-refractivity contribution in [3.63, 3.8) is 0 Å². The number of ether oxygens (including phenoxy) is 3. The number of aromatic nitrogens is 1. The van der Waals surface area contributed by atoms with E-state index in [0.29, 0.717) is 0 Å². The lowest BCUT2D eigenvalue weighted by atomic mass is 10.2. The van der Waals surface area contributed by atoms with Gasteiger partial charge in [-0.25, -0.2) is 14.2 Å². The van der Waals surface area contributed by atoms with Crippen molar-refractivity contribution in [2.24, 2.45) is 0 Å². The van der Waals surface area contributed by atoms with Crippen molar-refractivity contribution in [1.29, 1.82) is 0 Å². The van der Waals surface area contributed by atoms with Gasteiger partial charge in [0, 0.05) is 6.07 Å². The quantitative estimate of drug-likeness (QED) is 0.626. The van der Waals surface area contributed by atoms with E-state index in [0.717, 1.165) is 20.3 Å². The Morgan fingerprint density at radius 3 is 2.37 bits per heavy atom. The zero-order valence-electron chi connectivity index (χ0n) is 9.88. The van der Waals surface area contributed by atoms with Gasteiger partial charge in [0.15, 0.2) is 11.4 Å². The summed E-state index contributed by atoms with van der Waals surface area (Å²) in [7, 11) is 2.06. The van der Waals surface area contributed by atoms with Crippen LogP contribution < -0.4 is 9.47 Å². The van der Waals surface area contributed by atoms with Gasteiger partial charge in [0.2, 0.25) is 0 Å². The first kappa shape index (κ1) is 15.0. The normalized spacial score (nSPS) is 11.1. The summed E-state index contributed by atoms with van der Waals surface area (Å²) in [5.41, 5.74) is -1.12. The van der Waals surface area contributed by atoms with Crippen molar-refractivity contribution in [2.75, 3.05) is 14.2 Å². The molecule has 0 aliphatic rings. The SMILES string of the molecule is COC(=O)c1nc(CF)c(OC)cc1OC(F)(F)F. The topological polar surface area (TPSA) is 57.7 Å². The highest BCUT2D eigenvalue weighted by Crippen LogP contribution is 2.31. The van der Waals surface area contributed by atoms with Gasteiger partial charge in [0.25, 0.3) is 0 Å². The third kappa shape index (κ3) is 3.70. The summed E-state index contributed by atoms with van der Waals surface area (Å²) >= 11 is 0. The molecule has 0 aliphatic heterocycles. The summed E-state index contributed by atoms with van der Waals surface area (Å²) in [6, 6.07) is 0.724. The smallest absolute Gasteiger partial charge is 0.495 e. The number of methoxy groups -OCH3 is 2. The number of halogens is 4. The Bertz CT molecular complexity index is 475. The van der Waals surface area contributed by atoms with Gasteiger partial charge in [-0.1, -0.05) is 0 Å². The summed E-state index contributed by atoms with van der Waals surface area (Å²) in [5, 5.41) is 0. The van der Waals surface area contributed by atoms with Crippen LogP contribution in [-0.2, 0) is 11.4 Å². The fourth-order valence-electron chi connectivity index (χ4n) is 1.23. The molecule has 1 aromatic rings. The average molecular weight is 283 g/mol. The second-order valence-electron chi connectivity index (χ2n) is 3.16. The molecular formula is C10H9F4NO4. The highest BCUT2D eigenvalue weighted by atomic mass is 19.4. The van der Waals surface area contributed by atoms with Crippen LogP contribution in [0.3, 0.4) is 0 Å². The first-order chi connectivity index (χ1) is 8.82. The monoisotopic (exact) mass is 283 g/mol. The molecule has 0 radical (unpaired) electrons. The van der Waals surface area contributed by atoms with Gasteiger partial charge in [0.05, 0.1) is 14.2 Å². The Morgan fingerprint density at radius 2 is 1.95 bits per heavy atom. The van der Waals surface area contributed by atoms with E-state index in [9.17, 15) is 22.4 Å². The summed E-state index contributed by atoms with van der Waals surface area (Å²) in [6.07, 6.45) is -5.04. The van der Waals surface area contributed by atoms with Crippen molar-refractivity contribution in [1.82, 2.24) is 4.98 Å². The molecule has 1 heterocycles. The maximum Gasteiger partial charge on any atom is 0.573 e. The number of carbonyl (C=O) groups is 1. The van der Waals surface area contributed by atoms with Crippen molar-refractivity contribution < 1.29 is 36.6 Å². The maximum atomic E-state index is 12.6. The molecule has 0 N–H and O–H groups in total. The van der Waals surface area contributed by atoms with Crippen LogP contribution in [0.25, 0.3) is 0 Å². The van der Waals surface area contributed by atoms with Crippen LogP contribution in [0.2, 0.25) is 0 Å². The van der Waals surface area contributed by atoms with Crippen LogP contribution in [0.1, 0.15) is 16.2 Å². The van der Waals surface area contributed by atoms with E-state index in [-0.39, 0.29) is 11.4 Å². The zero-order chi connectivity index (χ0) is 14.6. The standard InChI is InChI=1S/C10H9F4NO4/c1-17-6-3-7(19-10(12,13)14)8(9(16)18-2)15-5(6)4-11/h3H,4H2,1-2H3. The molecule has 0 saturated heterocycles. The number of hydrogen-bond donors (Lipinski definition) is 0. The average Bonchev–Trinajstić information content (AvgIpc) is 2.35. The van der Waals surface area contributed by atoms with Crippen molar-refractivity contribution >= 4 is 5.97 Å². The third-order valence-electron chi connectivity index (χ3n) is 1.98. The molecule has 5 nitrogen and oxygen atoms in total. The highest BCUT2D eigenvalue weighted by Gasteiger charge is 2.34. The molecule has 19 heavy (non-hydrogen) atoms. The van der Waals surface area contributed by atoms with Crippen LogP contribution in [-0.4, -0.2) is 31.5 Å². The lowest BCUT2D eigenvalue weighted by Crippen LogP contribution is -2.20. The molecule has 1 rings (SSSR count). The van der Waals surface area contributed by atoms with Gasteiger partial charge >= 0.3 is 12.3 Å². The largest absolute Gasteiger partial charge is 0.573 e. The maximum absolute atomic E-state index is 12.6. The lowest BCUT2D eigenvalue weighted by Gasteiger charge is -2.14. The van der Waals surface area contributed by atoms with E-state index in [1.54, 1.807) is 0 Å². The number of pyridine rings is 1. The number of rotatable bonds is 4. The zero-order valence-corrected chi connectivity index (χ0v) is 9.88. The van der Waals surface area contributed by atoms with Crippen LogP contribution in [0, 0.1) is 0 Å². The first-order valence-corrected chi connectivity index (χ1v) is 4.80. The first-order valence-electron chi connectivity index (χ1n) is 4.80. The number of carbonyl (C=O) groups excluding carboxylic acids is 1. The van der Waals surface area contributed by atoms with Gasteiger partial charge in [-0.15, -0.1) is 13.2 Å². The second-order valence-corrected chi connectivity index (χ2v) is 3.16. The Labute approximate surface area is 105 Å². The molecule has 0 atom stereocenters. The van der Waals surface area contributed by atoms with Crippen LogP contribution in [0.5, 0.6) is 11.5 Å². The van der Waals surface area contributed by atoms with E-state index in [2.05, 4.69) is 19.2 Å². The predicted molar refractivity (Wildman–Crippen MR) is 53.6 cm³/mol. The minimum absolute atomic E-state index is 0.269. The molecule has 0 amide bonds. The van der Waals surface area contributed by atoms with Gasteiger partial charge in [-0.2, -0.15) is 0 Å². The van der Waals surface area contributed by atoms with E-state index in [1.165, 1.54) is 0 Å². The fraction of sp³-hybridized carbons (Fsp3) is 0.400.